The summed E-state index contributed by atoms with van der Waals surface area (Å²) in [5.41, 5.74) is 2.47. The molecule has 0 aliphatic rings. The quantitative estimate of drug-likeness (QED) is 0.372. The molecule has 1 aromatic heterocycles. The summed E-state index contributed by atoms with van der Waals surface area (Å²) in [4.78, 5) is 10.6. The van der Waals surface area contributed by atoms with Gasteiger partial charge in [-0.05, 0) is 33.9 Å². The number of hydrogen-bond acceptors (Lipinski definition) is 6. The molecule has 4 N–H and O–H groups in total. The molecular weight excluding hydrogens is 216 g/mol. The summed E-state index contributed by atoms with van der Waals surface area (Å²) in [6.07, 6.45) is 4.33. The first-order valence-electron chi connectivity index (χ1n) is 5.86. The van der Waals surface area contributed by atoms with E-state index in [9.17, 15) is 0 Å². The summed E-state index contributed by atoms with van der Waals surface area (Å²) >= 11 is 0. The van der Waals surface area contributed by atoms with Crippen LogP contribution < -0.4 is 16.6 Å². The van der Waals surface area contributed by atoms with Crippen molar-refractivity contribution < 1.29 is 0 Å². The third-order valence-corrected chi connectivity index (χ3v) is 2.66. The second-order valence-electron chi connectivity index (χ2n) is 4.29. The Hall–Kier alpha value is -1.40. The molecule has 0 saturated heterocycles. The standard InChI is InChI=1S/C11H22N6/c1-9(2)17(3)6-4-5-14-10-7-13-8-11(15-10)16-12/h7-9H,4-6,12H2,1-3H3,(H2,14,15,16). The number of anilines is 2. The van der Waals surface area contributed by atoms with Crippen molar-refractivity contribution in [3.8, 4) is 0 Å². The van der Waals surface area contributed by atoms with E-state index in [0.717, 1.165) is 25.3 Å². The molecule has 0 atom stereocenters. The Balaban J connectivity index is 2.26. The molecule has 0 aromatic carbocycles. The Morgan fingerprint density at radius 1 is 1.35 bits per heavy atom. The van der Waals surface area contributed by atoms with Gasteiger partial charge in [0.2, 0.25) is 0 Å². The fraction of sp³-hybridized carbons (Fsp3) is 0.636. The number of nitrogens with two attached hydrogens (primary N) is 1. The van der Waals surface area contributed by atoms with E-state index in [4.69, 9.17) is 5.84 Å². The van der Waals surface area contributed by atoms with Crippen LogP contribution in [0.5, 0.6) is 0 Å². The Morgan fingerprint density at radius 2 is 2.06 bits per heavy atom. The molecule has 0 spiro atoms. The monoisotopic (exact) mass is 238 g/mol. The smallest absolute Gasteiger partial charge is 0.160 e. The van der Waals surface area contributed by atoms with Gasteiger partial charge < -0.3 is 15.6 Å². The van der Waals surface area contributed by atoms with E-state index in [1.807, 2.05) is 0 Å². The van der Waals surface area contributed by atoms with Crippen molar-refractivity contribution in [2.75, 3.05) is 30.9 Å². The van der Waals surface area contributed by atoms with Crippen LogP contribution in [0.25, 0.3) is 0 Å². The van der Waals surface area contributed by atoms with Crippen LogP contribution in [0.4, 0.5) is 11.6 Å². The lowest BCUT2D eigenvalue weighted by Crippen LogP contribution is -2.28. The van der Waals surface area contributed by atoms with Gasteiger partial charge in [-0.25, -0.2) is 10.8 Å². The molecule has 6 heteroatoms. The van der Waals surface area contributed by atoms with Crippen LogP contribution in [-0.4, -0.2) is 41.0 Å². The maximum Gasteiger partial charge on any atom is 0.160 e. The minimum atomic E-state index is 0.564. The highest BCUT2D eigenvalue weighted by Crippen LogP contribution is 2.05. The van der Waals surface area contributed by atoms with E-state index in [1.54, 1.807) is 12.4 Å². The molecule has 0 amide bonds. The summed E-state index contributed by atoms with van der Waals surface area (Å²) in [7, 11) is 2.13. The molecule has 0 fully saturated rings. The maximum absolute atomic E-state index is 5.26. The van der Waals surface area contributed by atoms with Gasteiger partial charge in [0.15, 0.2) is 5.82 Å². The van der Waals surface area contributed by atoms with Crippen molar-refractivity contribution in [2.45, 2.75) is 26.3 Å². The van der Waals surface area contributed by atoms with Gasteiger partial charge in [0, 0.05) is 12.6 Å². The van der Waals surface area contributed by atoms with E-state index in [0.29, 0.717) is 11.9 Å². The second-order valence-corrected chi connectivity index (χ2v) is 4.29. The van der Waals surface area contributed by atoms with Gasteiger partial charge in [0.25, 0.3) is 0 Å². The minimum Gasteiger partial charge on any atom is -0.369 e. The molecule has 1 aromatic rings. The maximum atomic E-state index is 5.26. The van der Waals surface area contributed by atoms with Crippen LogP contribution in [0.2, 0.25) is 0 Å². The molecule has 17 heavy (non-hydrogen) atoms. The number of hydrogen-bond donors (Lipinski definition) is 3. The molecule has 0 unspecified atom stereocenters. The Bertz CT molecular complexity index is 327. The first kappa shape index (κ1) is 13.7. The molecule has 0 radical (unpaired) electrons. The average Bonchev–Trinajstić information content (AvgIpc) is 2.34. The number of hydrazine groups is 1. The lowest BCUT2D eigenvalue weighted by atomic mass is 10.3. The van der Waals surface area contributed by atoms with Gasteiger partial charge in [0.05, 0.1) is 12.4 Å². The number of rotatable bonds is 7. The number of nitrogens with zero attached hydrogens (tertiary/aromatic N) is 3. The van der Waals surface area contributed by atoms with E-state index >= 15 is 0 Å². The fourth-order valence-corrected chi connectivity index (χ4v) is 1.32. The number of nitrogens with one attached hydrogen (secondary N) is 2. The van der Waals surface area contributed by atoms with Crippen molar-refractivity contribution >= 4 is 11.6 Å². The lowest BCUT2D eigenvalue weighted by molar-refractivity contribution is 0.273. The van der Waals surface area contributed by atoms with Crippen molar-refractivity contribution in [1.82, 2.24) is 14.9 Å². The minimum absolute atomic E-state index is 0.564. The SMILES string of the molecule is CC(C)N(C)CCCNc1cncc(NN)n1. The van der Waals surface area contributed by atoms with Crippen LogP contribution >= 0.6 is 0 Å². The van der Waals surface area contributed by atoms with E-state index in [2.05, 4.69) is 46.5 Å². The molecule has 1 rings (SSSR count). The normalized spacial score (nSPS) is 10.9. The van der Waals surface area contributed by atoms with E-state index in [-0.39, 0.29) is 0 Å². The second kappa shape index (κ2) is 7.03. The Labute approximate surface area is 103 Å². The zero-order valence-electron chi connectivity index (χ0n) is 10.8. The van der Waals surface area contributed by atoms with Gasteiger partial charge in [-0.2, -0.15) is 0 Å². The van der Waals surface area contributed by atoms with Crippen molar-refractivity contribution in [2.24, 2.45) is 5.84 Å². The molecule has 0 aliphatic carbocycles. The predicted octanol–water partition coefficient (Wildman–Crippen LogP) is 0.904. The molecule has 0 bridgehead atoms. The topological polar surface area (TPSA) is 79.1 Å². The molecular formula is C11H22N6. The number of nitrogen functional groups attached to an aromatic ring is 1. The summed E-state index contributed by atoms with van der Waals surface area (Å²) in [6.45, 7) is 6.32. The van der Waals surface area contributed by atoms with Crippen LogP contribution in [0.3, 0.4) is 0 Å². The zero-order valence-corrected chi connectivity index (χ0v) is 10.8. The van der Waals surface area contributed by atoms with Gasteiger partial charge in [-0.15, -0.1) is 0 Å². The molecule has 96 valence electrons. The summed E-state index contributed by atoms with van der Waals surface area (Å²) in [6, 6.07) is 0.583. The summed E-state index contributed by atoms with van der Waals surface area (Å²) in [5, 5.41) is 3.22. The highest BCUT2D eigenvalue weighted by molar-refractivity contribution is 5.40. The fourth-order valence-electron chi connectivity index (χ4n) is 1.32. The van der Waals surface area contributed by atoms with Crippen LogP contribution in [0.15, 0.2) is 12.4 Å². The largest absolute Gasteiger partial charge is 0.369 e. The average molecular weight is 238 g/mol. The van der Waals surface area contributed by atoms with Crippen LogP contribution in [0.1, 0.15) is 20.3 Å². The third-order valence-electron chi connectivity index (χ3n) is 2.66. The molecule has 0 aliphatic heterocycles. The summed E-state index contributed by atoms with van der Waals surface area (Å²) < 4.78 is 0. The van der Waals surface area contributed by atoms with Gasteiger partial charge in [-0.3, -0.25) is 4.98 Å². The van der Waals surface area contributed by atoms with E-state index in [1.165, 1.54) is 0 Å². The zero-order chi connectivity index (χ0) is 12.7. The van der Waals surface area contributed by atoms with Crippen LogP contribution in [0, 0.1) is 0 Å². The first-order chi connectivity index (χ1) is 8.13. The number of aromatic nitrogens is 2. The molecule has 1 heterocycles. The van der Waals surface area contributed by atoms with E-state index < -0.39 is 0 Å². The van der Waals surface area contributed by atoms with Gasteiger partial charge in [0.1, 0.15) is 5.82 Å². The lowest BCUT2D eigenvalue weighted by Gasteiger charge is -2.20. The Morgan fingerprint density at radius 3 is 2.71 bits per heavy atom. The molecule has 6 nitrogen and oxygen atoms in total. The first-order valence-corrected chi connectivity index (χ1v) is 5.86. The Kier molecular flexibility index (Phi) is 5.65. The van der Waals surface area contributed by atoms with Crippen molar-refractivity contribution in [1.29, 1.82) is 0 Å². The van der Waals surface area contributed by atoms with Gasteiger partial charge in [-0.1, -0.05) is 0 Å². The summed E-state index contributed by atoms with van der Waals surface area (Å²) in [5.74, 6) is 6.57. The highest BCUT2D eigenvalue weighted by atomic mass is 15.3. The van der Waals surface area contributed by atoms with Crippen LogP contribution in [-0.2, 0) is 0 Å². The predicted molar refractivity (Wildman–Crippen MR) is 70.7 cm³/mol. The molecule has 0 saturated carbocycles. The highest BCUT2D eigenvalue weighted by Gasteiger charge is 2.02. The third kappa shape index (κ3) is 4.97. The van der Waals surface area contributed by atoms with Gasteiger partial charge >= 0.3 is 0 Å². The van der Waals surface area contributed by atoms with Crippen molar-refractivity contribution in [3.63, 3.8) is 0 Å². The van der Waals surface area contributed by atoms with Crippen molar-refractivity contribution in [3.05, 3.63) is 12.4 Å².